The largest absolute Gasteiger partial charge is 0.350 e. The Kier molecular flexibility index (Phi) is 6.65. The lowest BCUT2D eigenvalue weighted by atomic mass is 9.76. The first-order valence-corrected chi connectivity index (χ1v) is 7.30. The van der Waals surface area contributed by atoms with Crippen molar-refractivity contribution < 1.29 is 4.79 Å². The minimum atomic E-state index is 0.0851. The van der Waals surface area contributed by atoms with Crippen molar-refractivity contribution in [3.8, 4) is 0 Å². The summed E-state index contributed by atoms with van der Waals surface area (Å²) in [6, 6.07) is 5.70. The Bertz CT molecular complexity index is 398. The fourth-order valence-corrected chi connectivity index (χ4v) is 2.30. The first-order chi connectivity index (χ1) is 9.43. The fraction of sp³-hybridized carbons (Fsp3) is 0.625. The highest BCUT2D eigenvalue weighted by molar-refractivity contribution is 5.75. The van der Waals surface area contributed by atoms with Gasteiger partial charge in [-0.25, -0.2) is 0 Å². The maximum atomic E-state index is 11.9. The minimum absolute atomic E-state index is 0.0851. The van der Waals surface area contributed by atoms with E-state index in [4.69, 9.17) is 5.73 Å². The lowest BCUT2D eigenvalue weighted by Crippen LogP contribution is -2.27. The summed E-state index contributed by atoms with van der Waals surface area (Å²) in [5.74, 6) is 0.565. The van der Waals surface area contributed by atoms with Crippen molar-refractivity contribution in [2.75, 3.05) is 6.54 Å². The van der Waals surface area contributed by atoms with Crippen molar-refractivity contribution >= 4 is 5.91 Å². The van der Waals surface area contributed by atoms with Crippen LogP contribution in [0.3, 0.4) is 0 Å². The molecule has 1 aromatic rings. The van der Waals surface area contributed by atoms with Crippen LogP contribution in [0.1, 0.15) is 45.7 Å². The van der Waals surface area contributed by atoms with Gasteiger partial charge in [0.2, 0.25) is 5.91 Å². The maximum absolute atomic E-state index is 11.9. The lowest BCUT2D eigenvalue weighted by Gasteiger charge is -2.30. The third kappa shape index (κ3) is 6.15. The van der Waals surface area contributed by atoms with Crippen LogP contribution < -0.4 is 11.1 Å². The zero-order chi connectivity index (χ0) is 15.0. The summed E-state index contributed by atoms with van der Waals surface area (Å²) >= 11 is 0. The van der Waals surface area contributed by atoms with E-state index in [0.717, 1.165) is 18.5 Å². The van der Waals surface area contributed by atoms with E-state index >= 15 is 0 Å². The smallest absolute Gasteiger partial charge is 0.220 e. The van der Waals surface area contributed by atoms with Gasteiger partial charge in [-0.2, -0.15) is 0 Å². The fourth-order valence-electron chi connectivity index (χ4n) is 2.30. The molecule has 1 rings (SSSR count). The summed E-state index contributed by atoms with van der Waals surface area (Å²) < 4.78 is 0. The van der Waals surface area contributed by atoms with E-state index in [1.807, 2.05) is 18.2 Å². The zero-order valence-electron chi connectivity index (χ0n) is 12.9. The molecule has 20 heavy (non-hydrogen) atoms. The van der Waals surface area contributed by atoms with Crippen LogP contribution in [0, 0.1) is 11.3 Å². The number of nitrogens with two attached hydrogens (primary N) is 1. The van der Waals surface area contributed by atoms with Gasteiger partial charge in [0.15, 0.2) is 0 Å². The van der Waals surface area contributed by atoms with Gasteiger partial charge >= 0.3 is 0 Å². The number of nitrogens with zero attached hydrogens (tertiary/aromatic N) is 1. The summed E-state index contributed by atoms with van der Waals surface area (Å²) in [5.41, 5.74) is 6.74. The molecule has 0 bridgehead atoms. The highest BCUT2D eigenvalue weighted by Crippen LogP contribution is 2.31. The molecule has 112 valence electrons. The average molecular weight is 277 g/mol. The molecule has 0 fully saturated rings. The Hall–Kier alpha value is -1.42. The van der Waals surface area contributed by atoms with E-state index < -0.39 is 0 Å². The van der Waals surface area contributed by atoms with Gasteiger partial charge in [0.1, 0.15) is 0 Å². The Labute approximate surface area is 122 Å². The zero-order valence-corrected chi connectivity index (χ0v) is 12.9. The molecule has 3 N–H and O–H groups in total. The van der Waals surface area contributed by atoms with Gasteiger partial charge in [0.05, 0.1) is 12.2 Å². The molecular weight excluding hydrogens is 250 g/mol. The molecule has 1 amide bonds. The third-order valence-electron chi connectivity index (χ3n) is 3.65. The Morgan fingerprint density at radius 2 is 2.10 bits per heavy atom. The molecule has 0 aromatic carbocycles. The number of hydrogen-bond acceptors (Lipinski definition) is 3. The number of carbonyl (C=O) groups excluding carboxylic acids is 1. The van der Waals surface area contributed by atoms with Gasteiger partial charge in [-0.1, -0.05) is 26.8 Å². The molecule has 0 aliphatic rings. The van der Waals surface area contributed by atoms with Gasteiger partial charge in [-0.3, -0.25) is 9.78 Å². The number of amides is 1. The second-order valence-electron chi connectivity index (χ2n) is 6.28. The average Bonchev–Trinajstić information content (AvgIpc) is 2.41. The van der Waals surface area contributed by atoms with Gasteiger partial charge in [0.25, 0.3) is 0 Å². The molecule has 0 saturated heterocycles. The lowest BCUT2D eigenvalue weighted by molar-refractivity contribution is -0.121. The molecule has 0 saturated carbocycles. The van der Waals surface area contributed by atoms with Gasteiger partial charge < -0.3 is 11.1 Å². The van der Waals surface area contributed by atoms with Crippen LogP contribution in [0.2, 0.25) is 0 Å². The predicted octanol–water partition coefficient (Wildman–Crippen LogP) is 2.49. The maximum Gasteiger partial charge on any atom is 0.220 e. The van der Waals surface area contributed by atoms with E-state index in [9.17, 15) is 4.79 Å². The van der Waals surface area contributed by atoms with Gasteiger partial charge in [-0.15, -0.1) is 0 Å². The van der Waals surface area contributed by atoms with Crippen LogP contribution >= 0.6 is 0 Å². The molecule has 1 aromatic heterocycles. The van der Waals surface area contributed by atoms with Crippen molar-refractivity contribution in [2.45, 2.75) is 46.6 Å². The second kappa shape index (κ2) is 8.00. The molecule has 0 spiro atoms. The van der Waals surface area contributed by atoms with Crippen LogP contribution in [0.4, 0.5) is 0 Å². The van der Waals surface area contributed by atoms with Crippen LogP contribution in [-0.2, 0) is 11.3 Å². The summed E-state index contributed by atoms with van der Waals surface area (Å²) in [4.78, 5) is 16.1. The number of aromatic nitrogens is 1. The summed E-state index contributed by atoms with van der Waals surface area (Å²) in [6.07, 6.45) is 4.14. The molecule has 1 atom stereocenters. The molecule has 1 unspecified atom stereocenters. The van der Waals surface area contributed by atoms with Crippen molar-refractivity contribution in [3.63, 3.8) is 0 Å². The third-order valence-corrected chi connectivity index (χ3v) is 3.65. The SMILES string of the molecule is CC(C)(C)C(CCN)CCC(=O)NCc1ccccn1. The Morgan fingerprint density at radius 3 is 2.65 bits per heavy atom. The Balaban J connectivity index is 2.35. The topological polar surface area (TPSA) is 68.0 Å². The molecule has 0 radical (unpaired) electrons. The molecule has 4 heteroatoms. The van der Waals surface area contributed by atoms with Crippen LogP contribution in [-0.4, -0.2) is 17.4 Å². The second-order valence-corrected chi connectivity index (χ2v) is 6.28. The summed E-state index contributed by atoms with van der Waals surface area (Å²) in [6.45, 7) is 7.80. The number of nitrogens with one attached hydrogen (secondary N) is 1. The van der Waals surface area contributed by atoms with E-state index in [1.165, 1.54) is 0 Å². The molecular formula is C16H27N3O. The highest BCUT2D eigenvalue weighted by atomic mass is 16.1. The summed E-state index contributed by atoms with van der Waals surface area (Å²) in [5, 5.41) is 2.92. The van der Waals surface area contributed by atoms with Gasteiger partial charge in [-0.05, 0) is 42.9 Å². The first kappa shape index (κ1) is 16.6. The number of rotatable bonds is 7. The van der Waals surface area contributed by atoms with Crippen molar-refractivity contribution in [1.82, 2.24) is 10.3 Å². The highest BCUT2D eigenvalue weighted by Gasteiger charge is 2.24. The number of carbonyl (C=O) groups is 1. The van der Waals surface area contributed by atoms with Crippen molar-refractivity contribution in [2.24, 2.45) is 17.1 Å². The van der Waals surface area contributed by atoms with Crippen LogP contribution in [0.25, 0.3) is 0 Å². The molecule has 4 nitrogen and oxygen atoms in total. The number of pyridine rings is 1. The van der Waals surface area contributed by atoms with E-state index in [1.54, 1.807) is 6.20 Å². The Morgan fingerprint density at radius 1 is 1.35 bits per heavy atom. The quantitative estimate of drug-likeness (QED) is 0.804. The molecule has 0 aliphatic heterocycles. The van der Waals surface area contributed by atoms with E-state index in [-0.39, 0.29) is 11.3 Å². The van der Waals surface area contributed by atoms with Crippen LogP contribution in [0.5, 0.6) is 0 Å². The van der Waals surface area contributed by atoms with Gasteiger partial charge in [0, 0.05) is 12.6 Å². The van der Waals surface area contributed by atoms with E-state index in [0.29, 0.717) is 25.4 Å². The van der Waals surface area contributed by atoms with Crippen molar-refractivity contribution in [1.29, 1.82) is 0 Å². The standard InChI is InChI=1S/C16H27N3O/c1-16(2,3)13(9-10-17)7-8-15(20)19-12-14-6-4-5-11-18-14/h4-6,11,13H,7-10,12,17H2,1-3H3,(H,19,20). The molecule has 1 heterocycles. The van der Waals surface area contributed by atoms with Crippen molar-refractivity contribution in [3.05, 3.63) is 30.1 Å². The predicted molar refractivity (Wildman–Crippen MR) is 81.9 cm³/mol. The monoisotopic (exact) mass is 277 g/mol. The van der Waals surface area contributed by atoms with E-state index in [2.05, 4.69) is 31.1 Å². The van der Waals surface area contributed by atoms with Crippen LogP contribution in [0.15, 0.2) is 24.4 Å². The number of hydrogen-bond donors (Lipinski definition) is 2. The normalized spacial score (nSPS) is 13.0. The minimum Gasteiger partial charge on any atom is -0.350 e. The molecule has 0 aliphatic carbocycles. The first-order valence-electron chi connectivity index (χ1n) is 7.30. The summed E-state index contributed by atoms with van der Waals surface area (Å²) in [7, 11) is 0.